The number of nitrogens with one attached hydrogen (secondary N) is 2. The Morgan fingerprint density at radius 2 is 1.91 bits per heavy atom. The van der Waals surface area contributed by atoms with E-state index in [1.54, 1.807) is 0 Å². The van der Waals surface area contributed by atoms with Crippen LogP contribution in [0.1, 0.15) is 18.4 Å². The summed E-state index contributed by atoms with van der Waals surface area (Å²) in [4.78, 5) is 4.42. The lowest BCUT2D eigenvalue weighted by Gasteiger charge is -2.15. The number of hydrogen-bond donors (Lipinski definition) is 3. The molecule has 1 aromatic carbocycles. The van der Waals surface area contributed by atoms with Crippen LogP contribution >= 0.6 is 24.0 Å². The Labute approximate surface area is 155 Å². The Balaban J connectivity index is 0.00000484. The molecule has 0 saturated heterocycles. The largest absolute Gasteiger partial charge is 0.396 e. The Hall–Kier alpha value is -0.870. The highest BCUT2D eigenvalue weighted by atomic mass is 127. The van der Waals surface area contributed by atoms with Gasteiger partial charge in [0.05, 0.1) is 18.9 Å². The first-order valence-corrected chi connectivity index (χ1v) is 9.38. The predicted molar refractivity (Wildman–Crippen MR) is 105 cm³/mol. The molecule has 0 aliphatic rings. The lowest BCUT2D eigenvalue weighted by Crippen LogP contribution is -2.39. The molecule has 6 nitrogen and oxygen atoms in total. The monoisotopic (exact) mass is 455 g/mol. The van der Waals surface area contributed by atoms with Crippen LogP contribution < -0.4 is 10.6 Å². The highest BCUT2D eigenvalue weighted by Gasteiger charge is 2.10. The van der Waals surface area contributed by atoms with E-state index in [9.17, 15) is 13.5 Å². The minimum absolute atomic E-state index is 0. The van der Waals surface area contributed by atoms with Crippen LogP contribution in [-0.4, -0.2) is 57.7 Å². The molecule has 3 N–H and O–H groups in total. The fourth-order valence-electron chi connectivity index (χ4n) is 1.89. The highest BCUT2D eigenvalue weighted by molar-refractivity contribution is 14.0. The Morgan fingerprint density at radius 1 is 1.26 bits per heavy atom. The fraction of sp³-hybridized carbons (Fsp3) is 0.533. The summed E-state index contributed by atoms with van der Waals surface area (Å²) in [5.74, 6) is 0.534. The van der Waals surface area contributed by atoms with Gasteiger partial charge in [0, 0.05) is 25.3 Å². The summed E-state index contributed by atoms with van der Waals surface area (Å²) in [6.07, 6.45) is 1.20. The highest BCUT2D eigenvalue weighted by Crippen LogP contribution is 2.14. The topological polar surface area (TPSA) is 90.8 Å². The molecular formula is C15H26IN3O3S. The van der Waals surface area contributed by atoms with Gasteiger partial charge in [-0.3, -0.25) is 4.99 Å². The lowest BCUT2D eigenvalue weighted by molar-refractivity contribution is 0.268. The zero-order valence-electron chi connectivity index (χ0n) is 13.5. The van der Waals surface area contributed by atoms with Crippen molar-refractivity contribution in [2.75, 3.05) is 38.2 Å². The average Bonchev–Trinajstić information content (AvgIpc) is 2.47. The van der Waals surface area contributed by atoms with E-state index in [0.29, 0.717) is 25.6 Å². The number of aliphatic hydroxyl groups excluding tert-OH is 1. The lowest BCUT2D eigenvalue weighted by atomic mass is 10.0. The van der Waals surface area contributed by atoms with Crippen LogP contribution in [0, 0.1) is 0 Å². The molecule has 132 valence electrons. The van der Waals surface area contributed by atoms with E-state index >= 15 is 0 Å². The zero-order chi connectivity index (χ0) is 16.4. The molecule has 1 rings (SSSR count). The maximum Gasteiger partial charge on any atom is 0.191 e. The zero-order valence-corrected chi connectivity index (χ0v) is 16.7. The second-order valence-electron chi connectivity index (χ2n) is 5.07. The average molecular weight is 455 g/mol. The molecule has 0 saturated carbocycles. The van der Waals surface area contributed by atoms with Crippen molar-refractivity contribution in [3.63, 3.8) is 0 Å². The van der Waals surface area contributed by atoms with Gasteiger partial charge in [-0.15, -0.1) is 24.0 Å². The van der Waals surface area contributed by atoms with Gasteiger partial charge in [-0.25, -0.2) is 8.42 Å². The fourth-order valence-corrected chi connectivity index (χ4v) is 2.36. The molecule has 8 heteroatoms. The van der Waals surface area contributed by atoms with Crippen molar-refractivity contribution in [2.45, 2.75) is 12.8 Å². The van der Waals surface area contributed by atoms with E-state index in [1.165, 1.54) is 6.26 Å². The number of aliphatic hydroxyl groups is 1. The normalized spacial score (nSPS) is 13.1. The number of rotatable bonds is 8. The standard InChI is InChI=1S/C15H25N3O3S.HI/c1-3-16-15(17-9-10-22(2,20)21)18-11-14(12-19)13-7-5-4-6-8-13;/h4-8,14,19H,3,9-12H2,1-2H3,(H2,16,17,18);1H. The van der Waals surface area contributed by atoms with Crippen LogP contribution in [0.3, 0.4) is 0 Å². The quantitative estimate of drug-likeness (QED) is 0.309. The van der Waals surface area contributed by atoms with Gasteiger partial charge in [0.2, 0.25) is 0 Å². The molecular weight excluding hydrogens is 429 g/mol. The summed E-state index contributed by atoms with van der Waals surface area (Å²) in [5.41, 5.74) is 1.03. The first-order chi connectivity index (χ1) is 10.5. The third-order valence-electron chi connectivity index (χ3n) is 3.07. The van der Waals surface area contributed by atoms with Crippen LogP contribution in [0.15, 0.2) is 35.3 Å². The number of aliphatic imine (C=N–C) groups is 1. The summed E-state index contributed by atoms with van der Waals surface area (Å²) in [5, 5.41) is 15.6. The molecule has 0 aliphatic carbocycles. The molecule has 0 spiro atoms. The predicted octanol–water partition coefficient (Wildman–Crippen LogP) is 0.980. The van der Waals surface area contributed by atoms with E-state index < -0.39 is 9.84 Å². The van der Waals surface area contributed by atoms with Gasteiger partial charge in [-0.2, -0.15) is 0 Å². The summed E-state index contributed by atoms with van der Waals surface area (Å²) in [7, 11) is -3.00. The van der Waals surface area contributed by atoms with Gasteiger partial charge < -0.3 is 15.7 Å². The first-order valence-electron chi connectivity index (χ1n) is 7.32. The second-order valence-corrected chi connectivity index (χ2v) is 7.33. The van der Waals surface area contributed by atoms with Crippen LogP contribution in [0.4, 0.5) is 0 Å². The summed E-state index contributed by atoms with van der Waals surface area (Å²) in [6.45, 7) is 3.36. The second kappa shape index (κ2) is 11.6. The van der Waals surface area contributed by atoms with Crippen LogP contribution in [0.25, 0.3) is 0 Å². The molecule has 1 unspecified atom stereocenters. The molecule has 1 aromatic rings. The maximum atomic E-state index is 11.1. The molecule has 0 heterocycles. The van der Waals surface area contributed by atoms with E-state index in [-0.39, 0.29) is 42.3 Å². The number of sulfone groups is 1. The summed E-state index contributed by atoms with van der Waals surface area (Å²) >= 11 is 0. The third kappa shape index (κ3) is 9.77. The smallest absolute Gasteiger partial charge is 0.191 e. The Kier molecular flexibility index (Phi) is 11.2. The van der Waals surface area contributed by atoms with Gasteiger partial charge in [0.15, 0.2) is 5.96 Å². The third-order valence-corrected chi connectivity index (χ3v) is 4.02. The van der Waals surface area contributed by atoms with Crippen molar-refractivity contribution in [3.05, 3.63) is 35.9 Å². The van der Waals surface area contributed by atoms with Gasteiger partial charge in [-0.05, 0) is 12.5 Å². The van der Waals surface area contributed by atoms with Crippen molar-refractivity contribution < 1.29 is 13.5 Å². The van der Waals surface area contributed by atoms with Gasteiger partial charge in [-0.1, -0.05) is 30.3 Å². The molecule has 23 heavy (non-hydrogen) atoms. The van der Waals surface area contributed by atoms with E-state index in [4.69, 9.17) is 0 Å². The molecule has 0 amide bonds. The molecule has 1 atom stereocenters. The van der Waals surface area contributed by atoms with E-state index in [0.717, 1.165) is 5.56 Å². The van der Waals surface area contributed by atoms with E-state index in [2.05, 4.69) is 15.6 Å². The minimum Gasteiger partial charge on any atom is -0.396 e. The van der Waals surface area contributed by atoms with Crippen molar-refractivity contribution in [1.82, 2.24) is 10.6 Å². The minimum atomic E-state index is -3.00. The molecule has 0 fully saturated rings. The van der Waals surface area contributed by atoms with E-state index in [1.807, 2.05) is 37.3 Å². The van der Waals surface area contributed by atoms with Crippen molar-refractivity contribution in [3.8, 4) is 0 Å². The van der Waals surface area contributed by atoms with Gasteiger partial charge in [0.1, 0.15) is 9.84 Å². The van der Waals surface area contributed by atoms with Gasteiger partial charge in [0.25, 0.3) is 0 Å². The van der Waals surface area contributed by atoms with Crippen molar-refractivity contribution in [2.24, 2.45) is 4.99 Å². The number of benzene rings is 1. The van der Waals surface area contributed by atoms with Crippen molar-refractivity contribution >= 4 is 39.8 Å². The number of nitrogens with zero attached hydrogens (tertiary/aromatic N) is 1. The molecule has 0 radical (unpaired) electrons. The van der Waals surface area contributed by atoms with Crippen LogP contribution in [0.2, 0.25) is 0 Å². The van der Waals surface area contributed by atoms with Gasteiger partial charge >= 0.3 is 0 Å². The first kappa shape index (κ1) is 22.1. The summed E-state index contributed by atoms with van der Waals surface area (Å²) < 4.78 is 22.3. The summed E-state index contributed by atoms with van der Waals surface area (Å²) in [6, 6.07) is 9.70. The molecule has 0 aliphatic heterocycles. The molecule has 0 bridgehead atoms. The number of halogens is 1. The SMILES string of the molecule is CCNC(=NCC(CO)c1ccccc1)NCCS(C)(=O)=O.I. The number of guanidine groups is 1. The van der Waals surface area contributed by atoms with Crippen molar-refractivity contribution in [1.29, 1.82) is 0 Å². The van der Waals surface area contributed by atoms with Crippen LogP contribution in [-0.2, 0) is 9.84 Å². The Morgan fingerprint density at radius 3 is 2.43 bits per heavy atom. The Bertz CT molecular complexity index is 565. The molecule has 0 aromatic heterocycles. The van der Waals surface area contributed by atoms with Crippen LogP contribution in [0.5, 0.6) is 0 Å². The number of hydrogen-bond acceptors (Lipinski definition) is 4. The maximum absolute atomic E-state index is 11.1.